The van der Waals surface area contributed by atoms with Gasteiger partial charge < -0.3 is 10.4 Å². The summed E-state index contributed by atoms with van der Waals surface area (Å²) in [5.74, 6) is -1.37. The maximum absolute atomic E-state index is 11.7. The fraction of sp³-hybridized carbons (Fsp3) is 0.0833. The van der Waals surface area contributed by atoms with E-state index in [9.17, 15) is 9.59 Å². The molecular formula is C12H10ClN3O3. The van der Waals surface area contributed by atoms with Crippen LogP contribution in [0.5, 0.6) is 0 Å². The first kappa shape index (κ1) is 13.1. The van der Waals surface area contributed by atoms with Gasteiger partial charge in [-0.3, -0.25) is 9.48 Å². The Kier molecular flexibility index (Phi) is 3.82. The number of amides is 1. The number of aromatic nitrogens is 2. The third kappa shape index (κ3) is 3.32. The Morgan fingerprint density at radius 3 is 2.79 bits per heavy atom. The van der Waals surface area contributed by atoms with Crippen molar-refractivity contribution in [2.24, 2.45) is 0 Å². The van der Waals surface area contributed by atoms with Gasteiger partial charge >= 0.3 is 5.97 Å². The molecule has 6 nitrogen and oxygen atoms in total. The third-order valence-corrected chi connectivity index (χ3v) is 2.67. The van der Waals surface area contributed by atoms with E-state index in [2.05, 4.69) is 10.4 Å². The highest BCUT2D eigenvalue weighted by atomic mass is 35.5. The van der Waals surface area contributed by atoms with Gasteiger partial charge in [0, 0.05) is 12.4 Å². The van der Waals surface area contributed by atoms with E-state index in [1.807, 2.05) is 0 Å². The maximum atomic E-state index is 11.7. The minimum Gasteiger partial charge on any atom is -0.478 e. The van der Waals surface area contributed by atoms with Crippen molar-refractivity contribution in [1.82, 2.24) is 9.78 Å². The molecule has 1 aromatic heterocycles. The van der Waals surface area contributed by atoms with Crippen molar-refractivity contribution in [2.75, 3.05) is 5.32 Å². The molecule has 19 heavy (non-hydrogen) atoms. The molecule has 0 saturated heterocycles. The number of rotatable bonds is 4. The molecule has 0 aliphatic rings. The van der Waals surface area contributed by atoms with Crippen LogP contribution in [0.25, 0.3) is 0 Å². The number of anilines is 1. The molecule has 0 aliphatic carbocycles. The monoisotopic (exact) mass is 279 g/mol. The van der Waals surface area contributed by atoms with Crippen molar-refractivity contribution >= 4 is 29.2 Å². The van der Waals surface area contributed by atoms with Crippen LogP contribution in [-0.2, 0) is 11.3 Å². The Labute approximate surface area is 113 Å². The van der Waals surface area contributed by atoms with Gasteiger partial charge in [-0.25, -0.2) is 4.79 Å². The van der Waals surface area contributed by atoms with Gasteiger partial charge in [0.1, 0.15) is 6.54 Å². The molecule has 7 heteroatoms. The van der Waals surface area contributed by atoms with Crippen LogP contribution in [0.3, 0.4) is 0 Å². The number of nitrogens with zero attached hydrogens (tertiary/aromatic N) is 2. The Bertz CT molecular complexity index is 611. The lowest BCUT2D eigenvalue weighted by molar-refractivity contribution is -0.116. The van der Waals surface area contributed by atoms with Gasteiger partial charge in [-0.15, -0.1) is 0 Å². The zero-order valence-electron chi connectivity index (χ0n) is 9.71. The summed E-state index contributed by atoms with van der Waals surface area (Å²) in [6.45, 7) is 0.0595. The number of carbonyl (C=O) groups excluding carboxylic acids is 1. The Morgan fingerprint density at radius 2 is 2.21 bits per heavy atom. The second-order valence-electron chi connectivity index (χ2n) is 3.75. The van der Waals surface area contributed by atoms with Crippen LogP contribution < -0.4 is 5.32 Å². The van der Waals surface area contributed by atoms with Crippen molar-refractivity contribution in [3.63, 3.8) is 0 Å². The van der Waals surface area contributed by atoms with Crippen molar-refractivity contribution in [1.29, 1.82) is 0 Å². The molecule has 98 valence electrons. The molecule has 0 saturated carbocycles. The predicted molar refractivity (Wildman–Crippen MR) is 69.3 cm³/mol. The van der Waals surface area contributed by atoms with E-state index in [0.717, 1.165) is 0 Å². The SMILES string of the molecule is O=C(Cn1cccn1)Nc1ccc(C(=O)O)cc1Cl. The normalized spacial score (nSPS) is 10.2. The van der Waals surface area contributed by atoms with E-state index in [0.29, 0.717) is 5.69 Å². The molecule has 2 rings (SSSR count). The lowest BCUT2D eigenvalue weighted by atomic mass is 10.2. The third-order valence-electron chi connectivity index (χ3n) is 2.35. The summed E-state index contributed by atoms with van der Waals surface area (Å²) in [6, 6.07) is 5.82. The fourth-order valence-corrected chi connectivity index (χ4v) is 1.71. The predicted octanol–water partition coefficient (Wildman–Crippen LogP) is 1.87. The van der Waals surface area contributed by atoms with Crippen molar-refractivity contribution in [3.05, 3.63) is 47.2 Å². The average Bonchev–Trinajstić information content (AvgIpc) is 2.84. The minimum atomic E-state index is -1.07. The molecule has 0 fully saturated rings. The summed E-state index contributed by atoms with van der Waals surface area (Å²) in [5.41, 5.74) is 0.430. The van der Waals surface area contributed by atoms with Crippen molar-refractivity contribution in [2.45, 2.75) is 6.54 Å². The number of benzene rings is 1. The van der Waals surface area contributed by atoms with E-state index in [1.165, 1.54) is 22.9 Å². The van der Waals surface area contributed by atoms with Crippen LogP contribution in [0.15, 0.2) is 36.7 Å². The van der Waals surface area contributed by atoms with E-state index in [4.69, 9.17) is 16.7 Å². The Balaban J connectivity index is 2.07. The quantitative estimate of drug-likeness (QED) is 0.895. The van der Waals surface area contributed by atoms with E-state index in [1.54, 1.807) is 18.5 Å². The number of nitrogens with one attached hydrogen (secondary N) is 1. The van der Waals surface area contributed by atoms with Crippen LogP contribution in [0, 0.1) is 0 Å². The summed E-state index contributed by atoms with van der Waals surface area (Å²) in [6.07, 6.45) is 3.23. The van der Waals surface area contributed by atoms with Gasteiger partial charge in [0.05, 0.1) is 16.3 Å². The second-order valence-corrected chi connectivity index (χ2v) is 4.16. The molecule has 0 bridgehead atoms. The standard InChI is InChI=1S/C12H10ClN3O3/c13-9-6-8(12(18)19)2-3-10(9)15-11(17)7-16-5-1-4-14-16/h1-6H,7H2,(H,15,17)(H,18,19). The number of aromatic carboxylic acids is 1. The van der Waals surface area contributed by atoms with Crippen molar-refractivity contribution in [3.8, 4) is 0 Å². The van der Waals surface area contributed by atoms with Gasteiger partial charge in [0.15, 0.2) is 0 Å². The molecular weight excluding hydrogens is 270 g/mol. The molecule has 2 N–H and O–H groups in total. The van der Waals surface area contributed by atoms with Gasteiger partial charge in [-0.1, -0.05) is 11.6 Å². The van der Waals surface area contributed by atoms with E-state index in [-0.39, 0.29) is 23.0 Å². The van der Waals surface area contributed by atoms with Crippen LogP contribution in [0.2, 0.25) is 5.02 Å². The first-order chi connectivity index (χ1) is 9.06. The summed E-state index contributed by atoms with van der Waals surface area (Å²) >= 11 is 5.90. The van der Waals surface area contributed by atoms with E-state index < -0.39 is 5.97 Å². The molecule has 1 amide bonds. The fourth-order valence-electron chi connectivity index (χ4n) is 1.48. The number of halogens is 1. The molecule has 0 radical (unpaired) electrons. The lowest BCUT2D eigenvalue weighted by Gasteiger charge is -2.08. The molecule has 0 unspecified atom stereocenters. The summed E-state index contributed by atoms with van der Waals surface area (Å²) in [5, 5.41) is 15.5. The Hall–Kier alpha value is -2.34. The highest BCUT2D eigenvalue weighted by molar-refractivity contribution is 6.34. The molecule has 2 aromatic rings. The molecule has 0 aliphatic heterocycles. The van der Waals surface area contributed by atoms with Crippen LogP contribution >= 0.6 is 11.6 Å². The number of hydrogen-bond acceptors (Lipinski definition) is 3. The first-order valence-corrected chi connectivity index (χ1v) is 5.74. The number of carboxylic acid groups (broad SMARTS) is 1. The second kappa shape index (κ2) is 5.53. The highest BCUT2D eigenvalue weighted by Crippen LogP contribution is 2.23. The highest BCUT2D eigenvalue weighted by Gasteiger charge is 2.10. The van der Waals surface area contributed by atoms with Crippen LogP contribution in [0.1, 0.15) is 10.4 Å². The zero-order chi connectivity index (χ0) is 13.8. The van der Waals surface area contributed by atoms with Gasteiger partial charge in [-0.05, 0) is 24.3 Å². The first-order valence-electron chi connectivity index (χ1n) is 5.36. The number of carboxylic acids is 1. The van der Waals surface area contributed by atoms with Crippen molar-refractivity contribution < 1.29 is 14.7 Å². The van der Waals surface area contributed by atoms with Crippen LogP contribution in [-0.4, -0.2) is 26.8 Å². The van der Waals surface area contributed by atoms with E-state index >= 15 is 0 Å². The van der Waals surface area contributed by atoms with Gasteiger partial charge in [-0.2, -0.15) is 5.10 Å². The maximum Gasteiger partial charge on any atom is 0.335 e. The molecule has 1 aromatic carbocycles. The smallest absolute Gasteiger partial charge is 0.335 e. The minimum absolute atomic E-state index is 0.0595. The summed E-state index contributed by atoms with van der Waals surface area (Å²) < 4.78 is 1.47. The summed E-state index contributed by atoms with van der Waals surface area (Å²) in [7, 11) is 0. The zero-order valence-corrected chi connectivity index (χ0v) is 10.5. The average molecular weight is 280 g/mol. The number of hydrogen-bond donors (Lipinski definition) is 2. The lowest BCUT2D eigenvalue weighted by Crippen LogP contribution is -2.19. The number of carbonyl (C=O) groups is 2. The molecule has 0 spiro atoms. The van der Waals surface area contributed by atoms with Crippen LogP contribution in [0.4, 0.5) is 5.69 Å². The topological polar surface area (TPSA) is 84.2 Å². The largest absolute Gasteiger partial charge is 0.478 e. The Morgan fingerprint density at radius 1 is 1.42 bits per heavy atom. The van der Waals surface area contributed by atoms with Gasteiger partial charge in [0.25, 0.3) is 0 Å². The molecule has 1 heterocycles. The van der Waals surface area contributed by atoms with Gasteiger partial charge in [0.2, 0.25) is 5.91 Å². The molecule has 0 atom stereocenters. The summed E-state index contributed by atoms with van der Waals surface area (Å²) in [4.78, 5) is 22.4.